The van der Waals surface area contributed by atoms with E-state index < -0.39 is 36.5 Å². The van der Waals surface area contributed by atoms with E-state index in [2.05, 4.69) is 39.6 Å². The Balaban J connectivity index is 0.000000481. The molecule has 0 radical (unpaired) electrons. The second-order valence-corrected chi connectivity index (χ2v) is 9.43. The van der Waals surface area contributed by atoms with Gasteiger partial charge in [-0.1, -0.05) is 34.3 Å². The van der Waals surface area contributed by atoms with E-state index in [1.807, 2.05) is 20.8 Å². The number of aryl methyl sites for hydroxylation is 2. The van der Waals surface area contributed by atoms with Crippen molar-refractivity contribution in [2.24, 2.45) is 11.3 Å². The zero-order valence-electron chi connectivity index (χ0n) is 19.2. The van der Waals surface area contributed by atoms with Crippen LogP contribution in [0.3, 0.4) is 0 Å². The zero-order valence-corrected chi connectivity index (χ0v) is 19.2. The van der Waals surface area contributed by atoms with Crippen molar-refractivity contribution in [2.45, 2.75) is 80.1 Å². The van der Waals surface area contributed by atoms with Crippen LogP contribution in [0.25, 0.3) is 0 Å². The van der Waals surface area contributed by atoms with Crippen LogP contribution in [0.15, 0.2) is 24.4 Å². The predicted molar refractivity (Wildman–Crippen MR) is 111 cm³/mol. The summed E-state index contributed by atoms with van der Waals surface area (Å²) in [5.41, 5.74) is 4.03. The zero-order chi connectivity index (χ0) is 24.1. The Morgan fingerprint density at radius 1 is 1.10 bits per heavy atom. The minimum atomic E-state index is -4.07. The SMILES string of the molecule is C=C(C)NC(=O)CC1CC(F)(F)C1(F)F.CC(C)(C)C.Cc1cc(F)cc(C)c1C. The number of rotatable bonds is 3. The number of hydrogen-bond acceptors (Lipinski definition) is 1. The lowest BCUT2D eigenvalue weighted by molar-refractivity contribution is -0.313. The van der Waals surface area contributed by atoms with Crippen LogP contribution in [0.4, 0.5) is 22.0 Å². The Hall–Kier alpha value is -1.92. The van der Waals surface area contributed by atoms with E-state index in [0.717, 1.165) is 11.1 Å². The van der Waals surface area contributed by atoms with Crippen LogP contribution in [0.2, 0.25) is 0 Å². The highest BCUT2D eigenvalue weighted by Crippen LogP contribution is 2.56. The molecule has 172 valence electrons. The van der Waals surface area contributed by atoms with Gasteiger partial charge in [0.15, 0.2) is 0 Å². The van der Waals surface area contributed by atoms with Crippen molar-refractivity contribution >= 4 is 5.91 Å². The Labute approximate surface area is 176 Å². The highest BCUT2D eigenvalue weighted by Gasteiger charge is 2.71. The van der Waals surface area contributed by atoms with Gasteiger partial charge in [0.05, 0.1) is 0 Å². The van der Waals surface area contributed by atoms with Crippen LogP contribution in [0.5, 0.6) is 0 Å². The van der Waals surface area contributed by atoms with Gasteiger partial charge in [0.2, 0.25) is 5.91 Å². The van der Waals surface area contributed by atoms with Crippen molar-refractivity contribution in [3.8, 4) is 0 Å². The lowest BCUT2D eigenvalue weighted by Gasteiger charge is -2.43. The first kappa shape index (κ1) is 28.1. The van der Waals surface area contributed by atoms with Gasteiger partial charge in [0.25, 0.3) is 0 Å². The Morgan fingerprint density at radius 3 is 1.80 bits per heavy atom. The van der Waals surface area contributed by atoms with E-state index >= 15 is 0 Å². The van der Waals surface area contributed by atoms with Crippen molar-refractivity contribution in [1.29, 1.82) is 0 Å². The first-order valence-corrected chi connectivity index (χ1v) is 9.72. The molecule has 0 heterocycles. The van der Waals surface area contributed by atoms with Gasteiger partial charge in [0.1, 0.15) is 5.82 Å². The number of amides is 1. The van der Waals surface area contributed by atoms with E-state index in [0.29, 0.717) is 11.1 Å². The summed E-state index contributed by atoms with van der Waals surface area (Å²) in [6, 6.07) is 3.12. The van der Waals surface area contributed by atoms with Gasteiger partial charge < -0.3 is 5.32 Å². The second kappa shape index (κ2) is 10.4. The molecule has 2 rings (SSSR count). The number of halogens is 5. The molecular formula is C23H34F5NO. The fraction of sp³-hybridized carbons (Fsp3) is 0.609. The molecule has 1 aliphatic rings. The van der Waals surface area contributed by atoms with Crippen LogP contribution >= 0.6 is 0 Å². The molecule has 0 saturated heterocycles. The molecule has 1 atom stereocenters. The highest BCUT2D eigenvalue weighted by atomic mass is 19.3. The van der Waals surface area contributed by atoms with E-state index in [1.54, 1.807) is 12.1 Å². The van der Waals surface area contributed by atoms with Crippen molar-refractivity contribution < 1.29 is 26.7 Å². The molecule has 30 heavy (non-hydrogen) atoms. The van der Waals surface area contributed by atoms with E-state index in [9.17, 15) is 26.7 Å². The molecule has 1 saturated carbocycles. The van der Waals surface area contributed by atoms with Gasteiger partial charge in [-0.3, -0.25) is 4.79 Å². The first-order valence-electron chi connectivity index (χ1n) is 9.72. The molecule has 1 amide bonds. The van der Waals surface area contributed by atoms with Crippen molar-refractivity contribution in [3.63, 3.8) is 0 Å². The number of carbonyl (C=O) groups excluding carboxylic acids is 1. The molecule has 1 aliphatic carbocycles. The number of alkyl halides is 4. The standard InChI is InChI=1S/C9H11F4NO.C9H11F.C5H12/c1-5(2)14-7(15)3-6-4-8(10,11)9(6,12)13;1-6-4-9(10)5-7(2)8(6)3;1-5(2,3)4/h6H,1,3-4H2,2H3,(H,14,15);4-5H,1-3H3;1-4H3. The minimum absolute atomic E-state index is 0.138. The number of hydrogen-bond donors (Lipinski definition) is 1. The number of allylic oxidation sites excluding steroid dienone is 1. The van der Waals surface area contributed by atoms with Crippen molar-refractivity contribution in [2.75, 3.05) is 0 Å². The maximum Gasteiger partial charge on any atom is 0.313 e. The summed E-state index contributed by atoms with van der Waals surface area (Å²) in [5, 5.41) is 2.20. The monoisotopic (exact) mass is 435 g/mol. The molecule has 1 aromatic rings. The molecule has 1 N–H and O–H groups in total. The third kappa shape index (κ3) is 9.26. The van der Waals surface area contributed by atoms with Crippen LogP contribution in [0, 0.1) is 37.9 Å². The van der Waals surface area contributed by atoms with Gasteiger partial charge in [-0.05, 0) is 61.9 Å². The molecular weight excluding hydrogens is 401 g/mol. The average molecular weight is 436 g/mol. The van der Waals surface area contributed by atoms with Gasteiger partial charge in [0, 0.05) is 24.5 Å². The van der Waals surface area contributed by atoms with Gasteiger partial charge >= 0.3 is 11.8 Å². The van der Waals surface area contributed by atoms with Crippen LogP contribution in [0.1, 0.15) is 64.2 Å². The quantitative estimate of drug-likeness (QED) is 0.503. The molecule has 2 nitrogen and oxygen atoms in total. The summed E-state index contributed by atoms with van der Waals surface area (Å²) in [4.78, 5) is 11.0. The van der Waals surface area contributed by atoms with Crippen LogP contribution in [-0.4, -0.2) is 17.8 Å². The summed E-state index contributed by atoms with van der Waals surface area (Å²) in [7, 11) is 0. The summed E-state index contributed by atoms with van der Waals surface area (Å²) in [5.74, 6) is -10.5. The van der Waals surface area contributed by atoms with E-state index in [4.69, 9.17) is 0 Å². The fourth-order valence-corrected chi connectivity index (χ4v) is 2.44. The summed E-state index contributed by atoms with van der Waals surface area (Å²) >= 11 is 0. The van der Waals surface area contributed by atoms with Crippen molar-refractivity contribution in [1.82, 2.24) is 5.32 Å². The summed E-state index contributed by atoms with van der Waals surface area (Å²) < 4.78 is 62.8. The lowest BCUT2D eigenvalue weighted by atomic mass is 9.74. The molecule has 7 heteroatoms. The highest BCUT2D eigenvalue weighted by molar-refractivity contribution is 5.78. The Morgan fingerprint density at radius 2 is 1.50 bits per heavy atom. The summed E-state index contributed by atoms with van der Waals surface area (Å²) in [6.07, 6.45) is -1.54. The minimum Gasteiger partial charge on any atom is -0.331 e. The van der Waals surface area contributed by atoms with Crippen LogP contribution in [-0.2, 0) is 4.79 Å². The maximum absolute atomic E-state index is 12.7. The molecule has 0 spiro atoms. The Bertz CT molecular complexity index is 721. The largest absolute Gasteiger partial charge is 0.331 e. The number of benzene rings is 1. The van der Waals surface area contributed by atoms with Crippen molar-refractivity contribution in [3.05, 3.63) is 46.9 Å². The van der Waals surface area contributed by atoms with Gasteiger partial charge in [-0.25, -0.2) is 4.39 Å². The van der Waals surface area contributed by atoms with Gasteiger partial charge in [-0.15, -0.1) is 0 Å². The maximum atomic E-state index is 12.7. The summed E-state index contributed by atoms with van der Waals surface area (Å²) in [6.45, 7) is 19.4. The third-order valence-electron chi connectivity index (χ3n) is 4.18. The normalized spacial score (nSPS) is 18.6. The number of nitrogens with one attached hydrogen (secondary N) is 1. The van der Waals surface area contributed by atoms with E-state index in [1.165, 1.54) is 12.5 Å². The molecule has 0 bridgehead atoms. The topological polar surface area (TPSA) is 29.1 Å². The predicted octanol–water partition coefficient (Wildman–Crippen LogP) is 7.12. The second-order valence-electron chi connectivity index (χ2n) is 9.43. The molecule has 0 aromatic heterocycles. The smallest absolute Gasteiger partial charge is 0.313 e. The molecule has 1 fully saturated rings. The Kier molecular flexibility index (Phi) is 9.74. The van der Waals surface area contributed by atoms with Crippen LogP contribution < -0.4 is 5.32 Å². The van der Waals surface area contributed by atoms with E-state index in [-0.39, 0.29) is 5.82 Å². The molecule has 0 aliphatic heterocycles. The number of carbonyl (C=O) groups is 1. The fourth-order valence-electron chi connectivity index (χ4n) is 2.44. The molecule has 1 unspecified atom stereocenters. The first-order chi connectivity index (χ1) is 13.3. The third-order valence-corrected chi connectivity index (χ3v) is 4.18. The average Bonchev–Trinajstić information content (AvgIpc) is 2.50. The van der Waals surface area contributed by atoms with Gasteiger partial charge in [-0.2, -0.15) is 17.6 Å². The molecule has 1 aromatic carbocycles. The lowest BCUT2D eigenvalue weighted by Crippen LogP contribution is -2.59.